The van der Waals surface area contributed by atoms with Gasteiger partial charge in [0.1, 0.15) is 16.0 Å². The first-order valence-corrected chi connectivity index (χ1v) is 7.32. The first-order chi connectivity index (χ1) is 10.1. The highest BCUT2D eigenvalue weighted by Crippen LogP contribution is 2.37. The third kappa shape index (κ3) is 3.80. The van der Waals surface area contributed by atoms with E-state index in [0.717, 1.165) is 12.1 Å². The molecule has 2 aromatic rings. The largest absolute Gasteiger partial charge is 0.456 e. The van der Waals surface area contributed by atoms with Gasteiger partial charge >= 0.3 is 0 Å². The molecule has 0 heterocycles. The standard InChI is InChI=1S/C15H15BrN2O3/c1-2-17-10-11-6-3-4-8-13(11)21-14-9-5-7-12(15(14)16)18(19)20/h3-9,17H,2,10H2,1H3. The molecule has 0 radical (unpaired) electrons. The zero-order valence-corrected chi connectivity index (χ0v) is 13.1. The van der Waals surface area contributed by atoms with Gasteiger partial charge in [0, 0.05) is 18.2 Å². The first kappa shape index (κ1) is 15.5. The van der Waals surface area contributed by atoms with Crippen molar-refractivity contribution in [1.29, 1.82) is 0 Å². The van der Waals surface area contributed by atoms with Crippen molar-refractivity contribution >= 4 is 21.6 Å². The summed E-state index contributed by atoms with van der Waals surface area (Å²) in [6.45, 7) is 3.56. The molecule has 6 heteroatoms. The Morgan fingerprint density at radius 1 is 1.19 bits per heavy atom. The van der Waals surface area contributed by atoms with E-state index in [2.05, 4.69) is 21.2 Å². The number of ether oxygens (including phenoxy) is 1. The molecule has 2 aromatic carbocycles. The van der Waals surface area contributed by atoms with Crippen molar-refractivity contribution < 1.29 is 9.66 Å². The average Bonchev–Trinajstić information content (AvgIpc) is 2.48. The zero-order valence-electron chi connectivity index (χ0n) is 11.5. The molecule has 0 saturated carbocycles. The summed E-state index contributed by atoms with van der Waals surface area (Å²) in [4.78, 5) is 10.5. The van der Waals surface area contributed by atoms with E-state index in [0.29, 0.717) is 22.5 Å². The third-order valence-electron chi connectivity index (χ3n) is 2.90. The van der Waals surface area contributed by atoms with E-state index < -0.39 is 4.92 Å². The van der Waals surface area contributed by atoms with Crippen LogP contribution >= 0.6 is 15.9 Å². The molecule has 1 N–H and O–H groups in total. The molecule has 5 nitrogen and oxygen atoms in total. The lowest BCUT2D eigenvalue weighted by Gasteiger charge is -2.12. The van der Waals surface area contributed by atoms with E-state index in [1.807, 2.05) is 31.2 Å². The van der Waals surface area contributed by atoms with Crippen LogP contribution in [0.5, 0.6) is 11.5 Å². The second-order valence-electron chi connectivity index (χ2n) is 4.34. The molecule has 0 aliphatic heterocycles. The van der Waals surface area contributed by atoms with Crippen LogP contribution in [0.25, 0.3) is 0 Å². The van der Waals surface area contributed by atoms with Gasteiger partial charge in [0.2, 0.25) is 0 Å². The Bertz CT molecular complexity index is 647. The molecule has 2 rings (SSSR count). The number of nitrogens with one attached hydrogen (secondary N) is 1. The van der Waals surface area contributed by atoms with Crippen LogP contribution in [0.4, 0.5) is 5.69 Å². The predicted octanol–water partition coefficient (Wildman–Crippen LogP) is 4.26. The summed E-state index contributed by atoms with van der Waals surface area (Å²) in [7, 11) is 0. The lowest BCUT2D eigenvalue weighted by molar-refractivity contribution is -0.385. The van der Waals surface area contributed by atoms with Crippen LogP contribution in [0.3, 0.4) is 0 Å². The Kier molecular flexibility index (Phi) is 5.30. The molecule has 0 bridgehead atoms. The molecule has 0 aliphatic carbocycles. The molecule has 0 aliphatic rings. The summed E-state index contributed by atoms with van der Waals surface area (Å²) in [5.74, 6) is 1.10. The second kappa shape index (κ2) is 7.19. The first-order valence-electron chi connectivity index (χ1n) is 6.53. The van der Waals surface area contributed by atoms with Gasteiger partial charge in [-0.15, -0.1) is 0 Å². The number of nitro benzene ring substituents is 1. The zero-order chi connectivity index (χ0) is 15.2. The Morgan fingerprint density at radius 2 is 1.90 bits per heavy atom. The normalized spacial score (nSPS) is 10.4. The van der Waals surface area contributed by atoms with Crippen LogP contribution in [0, 0.1) is 10.1 Å². The molecule has 0 aromatic heterocycles. The van der Waals surface area contributed by atoms with Crippen molar-refractivity contribution in [2.45, 2.75) is 13.5 Å². The number of rotatable bonds is 6. The Labute approximate surface area is 131 Å². The maximum Gasteiger partial charge on any atom is 0.287 e. The van der Waals surface area contributed by atoms with Crippen LogP contribution in [0.1, 0.15) is 12.5 Å². The quantitative estimate of drug-likeness (QED) is 0.624. The SMILES string of the molecule is CCNCc1ccccc1Oc1cccc([N+](=O)[O-])c1Br. The van der Waals surface area contributed by atoms with Gasteiger partial charge in [-0.05, 0) is 34.6 Å². The van der Waals surface area contributed by atoms with Gasteiger partial charge in [-0.25, -0.2) is 0 Å². The van der Waals surface area contributed by atoms with E-state index in [4.69, 9.17) is 4.74 Å². The topological polar surface area (TPSA) is 64.4 Å². The number of nitro groups is 1. The Hall–Kier alpha value is -1.92. The number of nitrogens with zero attached hydrogens (tertiary/aromatic N) is 1. The molecule has 0 atom stereocenters. The van der Waals surface area contributed by atoms with Crippen LogP contribution < -0.4 is 10.1 Å². The fourth-order valence-electron chi connectivity index (χ4n) is 1.85. The molecule has 0 unspecified atom stereocenters. The van der Waals surface area contributed by atoms with Crippen molar-refractivity contribution in [2.24, 2.45) is 0 Å². The minimum Gasteiger partial charge on any atom is -0.456 e. The molecular formula is C15H15BrN2O3. The third-order valence-corrected chi connectivity index (χ3v) is 3.69. The number of halogens is 1. The maximum absolute atomic E-state index is 10.9. The minimum atomic E-state index is -0.443. The predicted molar refractivity (Wildman–Crippen MR) is 84.7 cm³/mol. The van der Waals surface area contributed by atoms with Gasteiger partial charge in [0.25, 0.3) is 5.69 Å². The van der Waals surface area contributed by atoms with Crippen LogP contribution in [-0.4, -0.2) is 11.5 Å². The Balaban J connectivity index is 2.30. The highest BCUT2D eigenvalue weighted by molar-refractivity contribution is 9.10. The van der Waals surface area contributed by atoms with Gasteiger partial charge in [0.05, 0.1) is 4.92 Å². The molecule has 110 valence electrons. The highest BCUT2D eigenvalue weighted by atomic mass is 79.9. The van der Waals surface area contributed by atoms with Gasteiger partial charge < -0.3 is 10.1 Å². The highest BCUT2D eigenvalue weighted by Gasteiger charge is 2.17. The molecular weight excluding hydrogens is 336 g/mol. The molecule has 0 spiro atoms. The summed E-state index contributed by atoms with van der Waals surface area (Å²) in [5, 5.41) is 14.2. The van der Waals surface area contributed by atoms with Crippen LogP contribution in [0.15, 0.2) is 46.9 Å². The summed E-state index contributed by atoms with van der Waals surface area (Å²) < 4.78 is 6.18. The monoisotopic (exact) mass is 350 g/mol. The number of para-hydroxylation sites is 1. The Morgan fingerprint density at radius 3 is 2.62 bits per heavy atom. The number of hydrogen-bond acceptors (Lipinski definition) is 4. The summed E-state index contributed by atoms with van der Waals surface area (Å²) in [6.07, 6.45) is 0. The van der Waals surface area contributed by atoms with Gasteiger partial charge in [-0.3, -0.25) is 10.1 Å². The van der Waals surface area contributed by atoms with Gasteiger partial charge in [-0.2, -0.15) is 0 Å². The van der Waals surface area contributed by atoms with Crippen LogP contribution in [-0.2, 0) is 6.54 Å². The molecule has 0 amide bonds. The van der Waals surface area contributed by atoms with E-state index >= 15 is 0 Å². The lowest BCUT2D eigenvalue weighted by Crippen LogP contribution is -2.12. The summed E-state index contributed by atoms with van der Waals surface area (Å²) >= 11 is 3.23. The van der Waals surface area contributed by atoms with Gasteiger partial charge in [0.15, 0.2) is 0 Å². The molecule has 0 saturated heterocycles. The van der Waals surface area contributed by atoms with Crippen molar-refractivity contribution in [1.82, 2.24) is 5.32 Å². The average molecular weight is 351 g/mol. The second-order valence-corrected chi connectivity index (χ2v) is 5.13. The van der Waals surface area contributed by atoms with Crippen molar-refractivity contribution in [3.8, 4) is 11.5 Å². The fraction of sp³-hybridized carbons (Fsp3) is 0.200. The van der Waals surface area contributed by atoms with Crippen LogP contribution in [0.2, 0.25) is 0 Å². The van der Waals surface area contributed by atoms with E-state index in [1.165, 1.54) is 6.07 Å². The van der Waals surface area contributed by atoms with Crippen molar-refractivity contribution in [2.75, 3.05) is 6.54 Å². The molecule has 21 heavy (non-hydrogen) atoms. The fourth-order valence-corrected chi connectivity index (χ4v) is 2.34. The summed E-state index contributed by atoms with van der Waals surface area (Å²) in [6, 6.07) is 12.3. The van der Waals surface area contributed by atoms with E-state index in [-0.39, 0.29) is 5.69 Å². The summed E-state index contributed by atoms with van der Waals surface area (Å²) in [5.41, 5.74) is 0.981. The minimum absolute atomic E-state index is 0.0170. The van der Waals surface area contributed by atoms with E-state index in [1.54, 1.807) is 12.1 Å². The maximum atomic E-state index is 10.9. The van der Waals surface area contributed by atoms with Gasteiger partial charge in [-0.1, -0.05) is 31.2 Å². The number of benzene rings is 2. The van der Waals surface area contributed by atoms with Crippen molar-refractivity contribution in [3.05, 3.63) is 62.6 Å². The van der Waals surface area contributed by atoms with Crippen molar-refractivity contribution in [3.63, 3.8) is 0 Å². The van der Waals surface area contributed by atoms with E-state index in [9.17, 15) is 10.1 Å². The molecule has 0 fully saturated rings. The lowest BCUT2D eigenvalue weighted by atomic mass is 10.2. The smallest absolute Gasteiger partial charge is 0.287 e. The number of hydrogen-bond donors (Lipinski definition) is 1.